The molecule has 2 heterocycles. The van der Waals surface area contributed by atoms with Crippen molar-refractivity contribution in [2.45, 2.75) is 32.9 Å². The predicted molar refractivity (Wildman–Crippen MR) is 108 cm³/mol. The number of amides is 1. The van der Waals surface area contributed by atoms with Gasteiger partial charge in [0.05, 0.1) is 0 Å². The lowest BCUT2D eigenvalue weighted by Crippen LogP contribution is -2.44. The number of aromatic nitrogens is 2. The van der Waals surface area contributed by atoms with Crippen LogP contribution in [0.15, 0.2) is 65.7 Å². The second-order valence-electron chi connectivity index (χ2n) is 7.15. The van der Waals surface area contributed by atoms with Crippen LogP contribution in [0.25, 0.3) is 5.65 Å². The van der Waals surface area contributed by atoms with Gasteiger partial charge in [0.1, 0.15) is 23.9 Å². The van der Waals surface area contributed by atoms with Crippen molar-refractivity contribution in [3.63, 3.8) is 0 Å². The molecule has 0 radical (unpaired) electrons. The summed E-state index contributed by atoms with van der Waals surface area (Å²) < 4.78 is 6.67. The number of pyridine rings is 1. The quantitative estimate of drug-likeness (QED) is 0.623. The molecule has 7 nitrogen and oxygen atoms in total. The maximum atomic E-state index is 12.7. The smallest absolute Gasteiger partial charge is 0.328 e. The van der Waals surface area contributed by atoms with E-state index in [2.05, 4.69) is 10.3 Å². The number of esters is 1. The second kappa shape index (κ2) is 9.14. The van der Waals surface area contributed by atoms with E-state index >= 15 is 0 Å². The van der Waals surface area contributed by atoms with Gasteiger partial charge in [-0.2, -0.15) is 0 Å². The summed E-state index contributed by atoms with van der Waals surface area (Å²) in [5, 5.41) is 2.64. The Morgan fingerprint density at radius 2 is 1.83 bits per heavy atom. The largest absolute Gasteiger partial charge is 0.459 e. The number of carbonyl (C=O) groups excluding carboxylic acids is 2. The first kappa shape index (κ1) is 20.3. The summed E-state index contributed by atoms with van der Waals surface area (Å²) in [6.45, 7) is 4.00. The van der Waals surface area contributed by atoms with Crippen LogP contribution in [0.4, 0.5) is 0 Å². The lowest BCUT2D eigenvalue weighted by molar-refractivity contribution is -0.147. The Bertz CT molecular complexity index is 1060. The highest BCUT2D eigenvalue weighted by atomic mass is 16.5. The number of rotatable bonds is 7. The van der Waals surface area contributed by atoms with Crippen molar-refractivity contribution >= 4 is 17.5 Å². The molecule has 3 rings (SSSR count). The van der Waals surface area contributed by atoms with Gasteiger partial charge < -0.3 is 10.1 Å². The zero-order valence-electron chi connectivity index (χ0n) is 16.4. The van der Waals surface area contributed by atoms with E-state index in [-0.39, 0.29) is 18.1 Å². The molecule has 7 heteroatoms. The number of nitrogens with one attached hydrogen (secondary N) is 1. The van der Waals surface area contributed by atoms with E-state index in [0.29, 0.717) is 12.1 Å². The van der Waals surface area contributed by atoms with Gasteiger partial charge >= 0.3 is 5.97 Å². The van der Waals surface area contributed by atoms with Crippen LogP contribution in [-0.4, -0.2) is 27.3 Å². The van der Waals surface area contributed by atoms with E-state index in [1.54, 1.807) is 24.4 Å². The summed E-state index contributed by atoms with van der Waals surface area (Å²) in [5.74, 6) is -1.05. The van der Waals surface area contributed by atoms with Gasteiger partial charge in [-0.25, -0.2) is 9.78 Å². The highest BCUT2D eigenvalue weighted by Gasteiger charge is 2.25. The van der Waals surface area contributed by atoms with Crippen molar-refractivity contribution in [2.75, 3.05) is 0 Å². The minimum Gasteiger partial charge on any atom is -0.459 e. The summed E-state index contributed by atoms with van der Waals surface area (Å²) in [4.78, 5) is 42.0. The van der Waals surface area contributed by atoms with Crippen LogP contribution in [0.1, 0.15) is 36.2 Å². The third-order valence-electron chi connectivity index (χ3n) is 4.38. The molecule has 0 saturated carbocycles. The normalized spacial score (nSPS) is 12.0. The van der Waals surface area contributed by atoms with E-state index < -0.39 is 23.5 Å². The van der Waals surface area contributed by atoms with E-state index in [1.165, 1.54) is 10.6 Å². The van der Waals surface area contributed by atoms with Gasteiger partial charge in [-0.15, -0.1) is 0 Å². The summed E-state index contributed by atoms with van der Waals surface area (Å²) in [6.07, 6.45) is 3.16. The molecule has 0 aliphatic carbocycles. The Hall–Kier alpha value is -3.48. The Labute approximate surface area is 168 Å². The van der Waals surface area contributed by atoms with Crippen molar-refractivity contribution in [3.8, 4) is 0 Å². The van der Waals surface area contributed by atoms with Crippen molar-refractivity contribution < 1.29 is 14.3 Å². The minimum atomic E-state index is -0.859. The first-order chi connectivity index (χ1) is 14.0. The SMILES string of the molecule is CC(C)C[C@H](NC(=O)c1cnc2ccccn2c1=O)C(=O)OCc1ccccc1. The van der Waals surface area contributed by atoms with E-state index in [0.717, 1.165) is 5.56 Å². The van der Waals surface area contributed by atoms with Gasteiger partial charge in [-0.1, -0.05) is 50.2 Å². The number of fused-ring (bicyclic) bond motifs is 1. The molecule has 0 saturated heterocycles. The fourth-order valence-electron chi connectivity index (χ4n) is 2.93. The number of hydrogen-bond acceptors (Lipinski definition) is 5. The summed E-state index contributed by atoms with van der Waals surface area (Å²) >= 11 is 0. The minimum absolute atomic E-state index is 0.115. The van der Waals surface area contributed by atoms with Crippen LogP contribution in [0, 0.1) is 5.92 Å². The summed E-state index contributed by atoms with van der Waals surface area (Å²) in [7, 11) is 0. The summed E-state index contributed by atoms with van der Waals surface area (Å²) in [5.41, 5.74) is 0.676. The average Bonchev–Trinajstić information content (AvgIpc) is 2.72. The van der Waals surface area contributed by atoms with Crippen molar-refractivity contribution in [1.29, 1.82) is 0 Å². The third-order valence-corrected chi connectivity index (χ3v) is 4.38. The Morgan fingerprint density at radius 1 is 1.10 bits per heavy atom. The Morgan fingerprint density at radius 3 is 2.55 bits per heavy atom. The molecule has 1 aromatic carbocycles. The van der Waals surface area contributed by atoms with Gasteiger partial charge in [0.2, 0.25) is 0 Å². The molecule has 3 aromatic rings. The molecular weight excluding hydrogens is 370 g/mol. The molecule has 1 amide bonds. The molecular formula is C22H23N3O4. The number of ether oxygens (including phenoxy) is 1. The van der Waals surface area contributed by atoms with Crippen LogP contribution in [-0.2, 0) is 16.1 Å². The van der Waals surface area contributed by atoms with Crippen LogP contribution in [0.3, 0.4) is 0 Å². The first-order valence-electron chi connectivity index (χ1n) is 9.43. The number of carbonyl (C=O) groups is 2. The molecule has 0 aliphatic heterocycles. The zero-order valence-corrected chi connectivity index (χ0v) is 16.4. The van der Waals surface area contributed by atoms with Gasteiger partial charge in [-0.3, -0.25) is 14.0 Å². The highest BCUT2D eigenvalue weighted by molar-refractivity contribution is 5.96. The number of hydrogen-bond donors (Lipinski definition) is 1. The van der Waals surface area contributed by atoms with Gasteiger partial charge in [-0.05, 0) is 30.0 Å². The van der Waals surface area contributed by atoms with Crippen molar-refractivity contribution in [3.05, 3.63) is 82.4 Å². The Balaban J connectivity index is 1.75. The third kappa shape index (κ3) is 5.07. The standard InChI is InChI=1S/C22H23N3O4/c1-15(2)12-18(22(28)29-14-16-8-4-3-5-9-16)24-20(26)17-13-23-19-10-6-7-11-25(19)21(17)27/h3-11,13,15,18H,12,14H2,1-2H3,(H,24,26)/t18-/m0/s1. The van der Waals surface area contributed by atoms with Crippen molar-refractivity contribution in [2.24, 2.45) is 5.92 Å². The van der Waals surface area contributed by atoms with E-state index in [9.17, 15) is 14.4 Å². The van der Waals surface area contributed by atoms with Gasteiger partial charge in [0.15, 0.2) is 0 Å². The predicted octanol–water partition coefficient (Wildman–Crippen LogP) is 2.58. The average molecular weight is 393 g/mol. The molecule has 0 unspecified atom stereocenters. The molecule has 0 bridgehead atoms. The molecule has 29 heavy (non-hydrogen) atoms. The fraction of sp³-hybridized carbons (Fsp3) is 0.273. The lowest BCUT2D eigenvalue weighted by Gasteiger charge is -2.19. The summed E-state index contributed by atoms with van der Waals surface area (Å²) in [6, 6.07) is 13.5. The van der Waals surface area contributed by atoms with Gasteiger partial charge in [0.25, 0.3) is 11.5 Å². The van der Waals surface area contributed by atoms with Crippen LogP contribution in [0.2, 0.25) is 0 Å². The lowest BCUT2D eigenvalue weighted by atomic mass is 10.0. The second-order valence-corrected chi connectivity index (χ2v) is 7.15. The van der Waals surface area contributed by atoms with Crippen LogP contribution < -0.4 is 10.9 Å². The topological polar surface area (TPSA) is 89.8 Å². The van der Waals surface area contributed by atoms with Crippen LogP contribution in [0.5, 0.6) is 0 Å². The number of nitrogens with zero attached hydrogens (tertiary/aromatic N) is 2. The first-order valence-corrected chi connectivity index (χ1v) is 9.43. The molecule has 1 atom stereocenters. The van der Waals surface area contributed by atoms with Gasteiger partial charge in [0, 0.05) is 12.4 Å². The van der Waals surface area contributed by atoms with Crippen LogP contribution >= 0.6 is 0 Å². The molecule has 0 fully saturated rings. The maximum Gasteiger partial charge on any atom is 0.328 e. The molecule has 1 N–H and O–H groups in total. The molecule has 150 valence electrons. The highest BCUT2D eigenvalue weighted by Crippen LogP contribution is 2.10. The maximum absolute atomic E-state index is 12.7. The zero-order chi connectivity index (χ0) is 20.8. The van der Waals surface area contributed by atoms with Crippen molar-refractivity contribution in [1.82, 2.24) is 14.7 Å². The monoisotopic (exact) mass is 393 g/mol. The fourth-order valence-corrected chi connectivity index (χ4v) is 2.93. The Kier molecular flexibility index (Phi) is 6.39. The number of benzene rings is 1. The molecule has 0 aliphatic rings. The van der Waals surface area contributed by atoms with E-state index in [1.807, 2.05) is 44.2 Å². The molecule has 2 aromatic heterocycles. The van der Waals surface area contributed by atoms with E-state index in [4.69, 9.17) is 4.74 Å². The molecule has 0 spiro atoms.